The lowest BCUT2D eigenvalue weighted by Crippen LogP contribution is -2.57. The fourth-order valence-corrected chi connectivity index (χ4v) is 2.36. The van der Waals surface area contributed by atoms with Gasteiger partial charge in [0.25, 0.3) is 0 Å². The summed E-state index contributed by atoms with van der Waals surface area (Å²) in [5.74, 6) is -3.35. The highest BCUT2D eigenvalue weighted by atomic mass is 32.1. The summed E-state index contributed by atoms with van der Waals surface area (Å²) < 4.78 is 0. The number of carbonyl (C=O) groups excluding carboxylic acids is 3. The molecule has 0 aliphatic heterocycles. The number of rotatable bonds is 13. The molecule has 0 bridgehead atoms. The summed E-state index contributed by atoms with van der Waals surface area (Å²) in [5.41, 5.74) is 16.1. The van der Waals surface area contributed by atoms with Gasteiger partial charge in [-0.2, -0.15) is 12.6 Å². The van der Waals surface area contributed by atoms with Crippen molar-refractivity contribution in [1.29, 1.82) is 0 Å². The third kappa shape index (κ3) is 11.1. The fraction of sp³-hybridized carbons (Fsp3) is 0.688. The van der Waals surface area contributed by atoms with Gasteiger partial charge in [-0.05, 0) is 18.8 Å². The molecule has 0 heterocycles. The molecule has 0 radical (unpaired) electrons. The number of carbonyl (C=O) groups is 4. The van der Waals surface area contributed by atoms with E-state index < -0.39 is 48.4 Å². The van der Waals surface area contributed by atoms with Gasteiger partial charge in [-0.15, -0.1) is 0 Å². The molecule has 166 valence electrons. The van der Waals surface area contributed by atoms with Crippen LogP contribution < -0.4 is 33.2 Å². The van der Waals surface area contributed by atoms with Gasteiger partial charge in [0, 0.05) is 12.3 Å². The van der Waals surface area contributed by atoms with Crippen LogP contribution in [0.3, 0.4) is 0 Å². The molecule has 10 N–H and O–H groups in total. The van der Waals surface area contributed by atoms with Crippen molar-refractivity contribution < 1.29 is 24.3 Å². The van der Waals surface area contributed by atoms with Crippen LogP contribution >= 0.6 is 12.6 Å². The van der Waals surface area contributed by atoms with Crippen LogP contribution in [-0.2, 0) is 19.2 Å². The van der Waals surface area contributed by atoms with Gasteiger partial charge in [-0.25, -0.2) is 0 Å². The first-order chi connectivity index (χ1) is 13.5. The number of aliphatic carboxylic acids is 1. The number of aliphatic imine (C=N–C) groups is 1. The number of guanidine groups is 1. The van der Waals surface area contributed by atoms with E-state index in [1.54, 1.807) is 13.8 Å². The second-order valence-corrected chi connectivity index (χ2v) is 7.01. The highest BCUT2D eigenvalue weighted by Crippen LogP contribution is 2.06. The largest absolute Gasteiger partial charge is 0.480 e. The lowest BCUT2D eigenvalue weighted by molar-refractivity contribution is -0.138. The maximum Gasteiger partial charge on any atom is 0.322 e. The average Bonchev–Trinajstić information content (AvgIpc) is 2.64. The number of carboxylic acid groups (broad SMARTS) is 1. The van der Waals surface area contributed by atoms with Crippen molar-refractivity contribution in [2.45, 2.75) is 44.8 Å². The Kier molecular flexibility index (Phi) is 12.4. The number of nitrogens with one attached hydrogen (secondary N) is 3. The van der Waals surface area contributed by atoms with Crippen molar-refractivity contribution in [2.75, 3.05) is 18.8 Å². The van der Waals surface area contributed by atoms with Crippen molar-refractivity contribution in [3.8, 4) is 0 Å². The van der Waals surface area contributed by atoms with E-state index in [9.17, 15) is 19.2 Å². The third-order valence-corrected chi connectivity index (χ3v) is 4.17. The fourth-order valence-electron chi connectivity index (χ4n) is 2.20. The van der Waals surface area contributed by atoms with Gasteiger partial charge in [0.2, 0.25) is 17.7 Å². The second-order valence-electron chi connectivity index (χ2n) is 6.64. The normalized spacial score (nSPS) is 13.7. The Balaban J connectivity index is 5.18. The van der Waals surface area contributed by atoms with E-state index in [4.69, 9.17) is 22.3 Å². The van der Waals surface area contributed by atoms with Crippen molar-refractivity contribution >= 4 is 42.3 Å². The number of nitrogens with zero attached hydrogens (tertiary/aromatic N) is 1. The van der Waals surface area contributed by atoms with E-state index in [1.807, 2.05) is 0 Å². The Morgan fingerprint density at radius 3 is 2.17 bits per heavy atom. The molecule has 3 amide bonds. The van der Waals surface area contributed by atoms with Gasteiger partial charge in [-0.1, -0.05) is 13.8 Å². The highest BCUT2D eigenvalue weighted by Gasteiger charge is 2.29. The Labute approximate surface area is 174 Å². The first kappa shape index (κ1) is 26.5. The molecule has 3 unspecified atom stereocenters. The first-order valence-electron chi connectivity index (χ1n) is 9.01. The molecular weight excluding hydrogens is 402 g/mol. The number of hydrogen-bond donors (Lipinski definition) is 8. The van der Waals surface area contributed by atoms with E-state index in [-0.39, 0.29) is 30.6 Å². The highest BCUT2D eigenvalue weighted by molar-refractivity contribution is 7.80. The molecule has 0 saturated heterocycles. The SMILES string of the molecule is CC(C)C(NC(=O)C(N)CS)C(=O)NC(CCCN=C(N)N)C(=O)NCC(=O)O. The molecular formula is C16H31N7O5S. The molecule has 0 saturated carbocycles. The molecule has 13 heteroatoms. The Hall–Kier alpha value is -2.54. The van der Waals surface area contributed by atoms with E-state index in [0.29, 0.717) is 6.42 Å². The van der Waals surface area contributed by atoms with Crippen LogP contribution in [0.1, 0.15) is 26.7 Å². The van der Waals surface area contributed by atoms with Crippen molar-refractivity contribution in [3.05, 3.63) is 0 Å². The summed E-state index contributed by atoms with van der Waals surface area (Å²) in [6, 6.07) is -2.87. The van der Waals surface area contributed by atoms with E-state index >= 15 is 0 Å². The molecule has 12 nitrogen and oxygen atoms in total. The van der Waals surface area contributed by atoms with Gasteiger partial charge in [0.05, 0.1) is 6.04 Å². The standard InChI is InChI=1S/C16H31N7O5S/c1-8(2)12(23-13(26)9(17)7-29)15(28)22-10(4-3-5-20-16(18)19)14(27)21-6-11(24)25/h8-10,12,29H,3-7,17H2,1-2H3,(H,21,27)(H,22,28)(H,23,26)(H,24,25)(H4,18,19,20). The van der Waals surface area contributed by atoms with Crippen LogP contribution in [0, 0.1) is 5.92 Å². The minimum absolute atomic E-state index is 0.100. The lowest BCUT2D eigenvalue weighted by atomic mass is 10.0. The van der Waals surface area contributed by atoms with Crippen molar-refractivity contribution in [3.63, 3.8) is 0 Å². The Morgan fingerprint density at radius 2 is 1.69 bits per heavy atom. The molecule has 0 aromatic heterocycles. The number of carboxylic acids is 1. The van der Waals surface area contributed by atoms with Gasteiger partial charge in [0.1, 0.15) is 18.6 Å². The predicted octanol–water partition coefficient (Wildman–Crippen LogP) is -2.88. The molecule has 0 aromatic rings. The van der Waals surface area contributed by atoms with Crippen LogP contribution in [0.25, 0.3) is 0 Å². The van der Waals surface area contributed by atoms with Crippen LogP contribution in [0.4, 0.5) is 0 Å². The smallest absolute Gasteiger partial charge is 0.322 e. The zero-order chi connectivity index (χ0) is 22.6. The zero-order valence-electron chi connectivity index (χ0n) is 16.6. The van der Waals surface area contributed by atoms with Gasteiger partial charge >= 0.3 is 5.97 Å². The number of amides is 3. The molecule has 0 spiro atoms. The third-order valence-electron chi connectivity index (χ3n) is 3.77. The number of thiol groups is 1. The van der Waals surface area contributed by atoms with Crippen LogP contribution in [-0.4, -0.2) is 71.7 Å². The Morgan fingerprint density at radius 1 is 1.07 bits per heavy atom. The number of nitrogens with two attached hydrogens (primary N) is 3. The van der Waals surface area contributed by atoms with E-state index in [1.165, 1.54) is 0 Å². The second kappa shape index (κ2) is 13.6. The molecule has 3 atom stereocenters. The Bertz CT molecular complexity index is 610. The molecule has 0 aliphatic carbocycles. The summed E-state index contributed by atoms with van der Waals surface area (Å²) in [7, 11) is 0. The maximum atomic E-state index is 12.7. The summed E-state index contributed by atoms with van der Waals surface area (Å²) >= 11 is 3.95. The average molecular weight is 434 g/mol. The summed E-state index contributed by atoms with van der Waals surface area (Å²) in [5, 5.41) is 16.0. The quantitative estimate of drug-likeness (QED) is 0.0651. The maximum absolute atomic E-state index is 12.7. The van der Waals surface area contributed by atoms with Gasteiger partial charge < -0.3 is 38.3 Å². The topological polar surface area (TPSA) is 215 Å². The minimum atomic E-state index is -1.23. The first-order valence-corrected chi connectivity index (χ1v) is 9.64. The molecule has 0 fully saturated rings. The van der Waals surface area contributed by atoms with Crippen LogP contribution in [0.15, 0.2) is 4.99 Å². The minimum Gasteiger partial charge on any atom is -0.480 e. The van der Waals surface area contributed by atoms with E-state index in [0.717, 1.165) is 0 Å². The molecule has 0 aliphatic rings. The summed E-state index contributed by atoms with van der Waals surface area (Å²) in [6.45, 7) is 3.06. The van der Waals surface area contributed by atoms with E-state index in [2.05, 4.69) is 33.6 Å². The van der Waals surface area contributed by atoms with Crippen molar-refractivity contribution in [2.24, 2.45) is 28.1 Å². The number of hydrogen-bond acceptors (Lipinski definition) is 7. The predicted molar refractivity (Wildman–Crippen MR) is 111 cm³/mol. The van der Waals surface area contributed by atoms with Gasteiger partial charge in [-0.3, -0.25) is 24.2 Å². The molecule has 29 heavy (non-hydrogen) atoms. The van der Waals surface area contributed by atoms with Gasteiger partial charge in [0.15, 0.2) is 5.96 Å². The zero-order valence-corrected chi connectivity index (χ0v) is 17.4. The van der Waals surface area contributed by atoms with Crippen LogP contribution in [0.5, 0.6) is 0 Å². The lowest BCUT2D eigenvalue weighted by Gasteiger charge is -2.26. The summed E-state index contributed by atoms with van der Waals surface area (Å²) in [6.07, 6.45) is 0.509. The summed E-state index contributed by atoms with van der Waals surface area (Å²) in [4.78, 5) is 51.5. The van der Waals surface area contributed by atoms with Crippen molar-refractivity contribution in [1.82, 2.24) is 16.0 Å². The monoisotopic (exact) mass is 433 g/mol. The molecule has 0 aromatic carbocycles. The molecule has 0 rings (SSSR count). The van der Waals surface area contributed by atoms with Crippen LogP contribution in [0.2, 0.25) is 0 Å².